The molecule has 1 aromatic carbocycles. The van der Waals surface area contributed by atoms with Gasteiger partial charge in [-0.3, -0.25) is 4.79 Å². The summed E-state index contributed by atoms with van der Waals surface area (Å²) in [5.74, 6) is -0.638. The molecule has 0 radical (unpaired) electrons. The molecule has 1 N–H and O–H groups in total. The van der Waals surface area contributed by atoms with Crippen molar-refractivity contribution in [1.82, 2.24) is 9.88 Å². The van der Waals surface area contributed by atoms with Crippen LogP contribution in [0.15, 0.2) is 24.4 Å². The highest BCUT2D eigenvalue weighted by Gasteiger charge is 2.36. The number of nitrogens with zero attached hydrogens (tertiary/aromatic N) is 1. The quantitative estimate of drug-likeness (QED) is 0.734. The third-order valence-corrected chi connectivity index (χ3v) is 6.10. The molecule has 4 rings (SSSR count). The first-order valence-corrected chi connectivity index (χ1v) is 10.8. The average molecular weight is 403 g/mol. The Labute approximate surface area is 171 Å². The van der Waals surface area contributed by atoms with Crippen LogP contribution in [-0.2, 0) is 20.8 Å². The zero-order chi connectivity index (χ0) is 20.4. The Kier molecular flexibility index (Phi) is 5.93. The molecule has 1 aliphatic heterocycles. The van der Waals surface area contributed by atoms with Gasteiger partial charge >= 0.3 is 0 Å². The Morgan fingerprint density at radius 1 is 1.24 bits per heavy atom. The fourth-order valence-corrected chi connectivity index (χ4v) is 4.60. The number of hydrogen-bond acceptors (Lipinski definition) is 3. The topological polar surface area (TPSA) is 54.6 Å². The highest BCUT2D eigenvalue weighted by molar-refractivity contribution is 5.84. The normalized spacial score (nSPS) is 22.7. The number of fused-ring (bicyclic) bond motifs is 1. The zero-order valence-corrected chi connectivity index (χ0v) is 17.4. The van der Waals surface area contributed by atoms with Crippen molar-refractivity contribution in [2.75, 3.05) is 13.2 Å². The maximum atomic E-state index is 13.8. The van der Waals surface area contributed by atoms with Crippen LogP contribution >= 0.6 is 0 Å². The molecular formula is C23H31FN2O3. The smallest absolute Gasteiger partial charge is 0.226 e. The van der Waals surface area contributed by atoms with Gasteiger partial charge in [0.1, 0.15) is 11.9 Å². The number of amides is 1. The van der Waals surface area contributed by atoms with Crippen LogP contribution in [0.4, 0.5) is 4.39 Å². The second kappa shape index (κ2) is 8.44. The van der Waals surface area contributed by atoms with E-state index in [0.717, 1.165) is 42.1 Å². The summed E-state index contributed by atoms with van der Waals surface area (Å²) in [6, 6.07) is 4.72. The number of aromatic amines is 1. The van der Waals surface area contributed by atoms with Gasteiger partial charge in [0.15, 0.2) is 5.79 Å². The molecule has 6 heteroatoms. The van der Waals surface area contributed by atoms with Crippen molar-refractivity contribution < 1.29 is 18.7 Å². The maximum Gasteiger partial charge on any atom is 0.226 e. The van der Waals surface area contributed by atoms with Crippen LogP contribution in [0.3, 0.4) is 0 Å². The predicted molar refractivity (Wildman–Crippen MR) is 110 cm³/mol. The molecule has 0 bridgehead atoms. The van der Waals surface area contributed by atoms with Crippen molar-refractivity contribution in [3.8, 4) is 0 Å². The highest BCUT2D eigenvalue weighted by atomic mass is 19.1. The molecule has 29 heavy (non-hydrogen) atoms. The number of benzene rings is 1. The number of carbonyl (C=O) groups is 1. The Bertz CT molecular complexity index is 855. The molecule has 1 amide bonds. The van der Waals surface area contributed by atoms with E-state index >= 15 is 0 Å². The van der Waals surface area contributed by atoms with E-state index in [4.69, 9.17) is 9.47 Å². The molecule has 1 aliphatic carbocycles. The molecule has 1 aromatic heterocycles. The number of rotatable bonds is 5. The van der Waals surface area contributed by atoms with Crippen LogP contribution in [0.5, 0.6) is 0 Å². The Morgan fingerprint density at radius 2 is 2.00 bits per heavy atom. The molecule has 2 aromatic rings. The summed E-state index contributed by atoms with van der Waals surface area (Å²) in [6.45, 7) is 5.20. The summed E-state index contributed by atoms with van der Waals surface area (Å²) < 4.78 is 25.5. The van der Waals surface area contributed by atoms with Gasteiger partial charge in [0.25, 0.3) is 0 Å². The SMILES string of the molecule is CC1(C)OC[C@@H](CN(Cc2c[nH]c3ccc(F)cc23)C(=O)C2CCCCCC2)O1. The van der Waals surface area contributed by atoms with E-state index < -0.39 is 5.79 Å². The van der Waals surface area contributed by atoms with Crippen LogP contribution in [0.2, 0.25) is 0 Å². The number of halogens is 1. The van der Waals surface area contributed by atoms with Crippen molar-refractivity contribution in [1.29, 1.82) is 0 Å². The van der Waals surface area contributed by atoms with Crippen LogP contribution in [0, 0.1) is 11.7 Å². The van der Waals surface area contributed by atoms with Crippen LogP contribution in [-0.4, -0.2) is 40.8 Å². The van der Waals surface area contributed by atoms with Crippen molar-refractivity contribution in [2.24, 2.45) is 5.92 Å². The van der Waals surface area contributed by atoms with E-state index in [2.05, 4.69) is 4.98 Å². The van der Waals surface area contributed by atoms with Gasteiger partial charge in [0.05, 0.1) is 6.61 Å². The molecule has 1 saturated heterocycles. The number of H-pyrrole nitrogens is 1. The predicted octanol–water partition coefficient (Wildman–Crippen LogP) is 4.76. The first-order valence-electron chi connectivity index (χ1n) is 10.8. The van der Waals surface area contributed by atoms with Gasteiger partial charge in [-0.2, -0.15) is 0 Å². The maximum absolute atomic E-state index is 13.8. The van der Waals surface area contributed by atoms with Gasteiger partial charge in [-0.1, -0.05) is 25.7 Å². The molecule has 5 nitrogen and oxygen atoms in total. The minimum Gasteiger partial charge on any atom is -0.361 e. The molecular weight excluding hydrogens is 371 g/mol. The lowest BCUT2D eigenvalue weighted by atomic mass is 9.98. The van der Waals surface area contributed by atoms with Gasteiger partial charge < -0.3 is 19.4 Å². The molecule has 2 fully saturated rings. The number of ether oxygens (including phenoxy) is 2. The summed E-state index contributed by atoms with van der Waals surface area (Å²) >= 11 is 0. The molecule has 158 valence electrons. The minimum atomic E-state index is -0.619. The molecule has 1 saturated carbocycles. The lowest BCUT2D eigenvalue weighted by Crippen LogP contribution is -2.41. The van der Waals surface area contributed by atoms with Gasteiger partial charge in [0, 0.05) is 36.1 Å². The number of aromatic nitrogens is 1. The van der Waals surface area contributed by atoms with Crippen molar-refractivity contribution in [3.05, 3.63) is 35.8 Å². The summed E-state index contributed by atoms with van der Waals surface area (Å²) in [7, 11) is 0. The molecule has 1 atom stereocenters. The van der Waals surface area contributed by atoms with Crippen molar-refractivity contribution in [3.63, 3.8) is 0 Å². The Balaban J connectivity index is 1.56. The standard InChI is InChI=1S/C23H31FN2O3/c1-23(2)28-15-19(29-23)14-26(22(27)16-7-5-3-4-6-8-16)13-17-12-25-21-10-9-18(24)11-20(17)21/h9-12,16,19,25H,3-8,13-15H2,1-2H3/t19-/m1/s1. The molecule has 0 unspecified atom stereocenters. The summed E-state index contributed by atoms with van der Waals surface area (Å²) in [4.78, 5) is 18.6. The fourth-order valence-electron chi connectivity index (χ4n) is 4.60. The highest BCUT2D eigenvalue weighted by Crippen LogP contribution is 2.29. The molecule has 2 heterocycles. The monoisotopic (exact) mass is 402 g/mol. The van der Waals surface area contributed by atoms with Crippen molar-refractivity contribution in [2.45, 2.75) is 70.8 Å². The first kappa shape index (κ1) is 20.4. The Hall–Kier alpha value is -1.92. The van der Waals surface area contributed by atoms with E-state index in [1.54, 1.807) is 6.07 Å². The van der Waals surface area contributed by atoms with E-state index in [-0.39, 0.29) is 23.7 Å². The molecule has 0 spiro atoms. The molecule has 2 aliphatic rings. The van der Waals surface area contributed by atoms with Crippen LogP contribution in [0.25, 0.3) is 10.9 Å². The lowest BCUT2D eigenvalue weighted by molar-refractivity contribution is -0.149. The second-order valence-electron chi connectivity index (χ2n) is 8.86. The van der Waals surface area contributed by atoms with Gasteiger partial charge in [-0.05, 0) is 50.5 Å². The first-order chi connectivity index (χ1) is 13.9. The summed E-state index contributed by atoms with van der Waals surface area (Å²) in [5.41, 5.74) is 1.81. The number of carbonyl (C=O) groups excluding carboxylic acids is 1. The fraction of sp³-hybridized carbons (Fsp3) is 0.609. The third-order valence-electron chi connectivity index (χ3n) is 6.10. The van der Waals surface area contributed by atoms with Gasteiger partial charge in [-0.25, -0.2) is 4.39 Å². The second-order valence-corrected chi connectivity index (χ2v) is 8.86. The summed E-state index contributed by atoms with van der Waals surface area (Å²) in [6.07, 6.45) is 8.27. The van der Waals surface area contributed by atoms with E-state index in [9.17, 15) is 9.18 Å². The third kappa shape index (κ3) is 4.81. The average Bonchev–Trinajstić information content (AvgIpc) is 3.10. The minimum absolute atomic E-state index is 0.0646. The van der Waals surface area contributed by atoms with Crippen LogP contribution in [0.1, 0.15) is 57.9 Å². The Morgan fingerprint density at radius 3 is 2.69 bits per heavy atom. The van der Waals surface area contributed by atoms with E-state index in [0.29, 0.717) is 19.7 Å². The van der Waals surface area contributed by atoms with E-state index in [1.807, 2.05) is 24.9 Å². The van der Waals surface area contributed by atoms with Crippen LogP contribution < -0.4 is 0 Å². The van der Waals surface area contributed by atoms with Gasteiger partial charge in [-0.15, -0.1) is 0 Å². The largest absolute Gasteiger partial charge is 0.361 e. The number of nitrogens with one attached hydrogen (secondary N) is 1. The van der Waals surface area contributed by atoms with Gasteiger partial charge in [0.2, 0.25) is 5.91 Å². The lowest BCUT2D eigenvalue weighted by Gasteiger charge is -2.29. The number of hydrogen-bond donors (Lipinski definition) is 1. The summed E-state index contributed by atoms with van der Waals surface area (Å²) in [5, 5.41) is 0.826. The van der Waals surface area contributed by atoms with Crippen molar-refractivity contribution >= 4 is 16.8 Å². The van der Waals surface area contributed by atoms with E-state index in [1.165, 1.54) is 25.0 Å². The zero-order valence-electron chi connectivity index (χ0n) is 17.4.